The van der Waals surface area contributed by atoms with Crippen molar-refractivity contribution < 1.29 is 18.1 Å². The van der Waals surface area contributed by atoms with Crippen LogP contribution in [0.4, 0.5) is 5.69 Å². The molecule has 1 aliphatic heterocycles. The van der Waals surface area contributed by atoms with Gasteiger partial charge >= 0.3 is 0 Å². The average molecular weight is 418 g/mol. The number of rotatable bonds is 5. The molecule has 0 aliphatic carbocycles. The van der Waals surface area contributed by atoms with Gasteiger partial charge in [0.25, 0.3) is 5.91 Å². The van der Waals surface area contributed by atoms with E-state index in [1.54, 1.807) is 23.5 Å². The number of amides is 1. The molecule has 1 amide bonds. The molecule has 2 heterocycles. The fourth-order valence-electron chi connectivity index (χ4n) is 3.60. The number of quaternary nitrogens is 1. The molecule has 3 aromatic rings. The second-order valence-corrected chi connectivity index (χ2v) is 9.54. The number of anilines is 1. The minimum Gasteiger partial charge on any atom is -0.321 e. The molecule has 1 fully saturated rings. The summed E-state index contributed by atoms with van der Waals surface area (Å²) < 4.78 is 23.8. The van der Waals surface area contributed by atoms with Crippen molar-refractivity contribution in [3.05, 3.63) is 53.5 Å². The van der Waals surface area contributed by atoms with Crippen LogP contribution in [0.1, 0.15) is 23.9 Å². The Morgan fingerprint density at radius 3 is 2.68 bits per heavy atom. The molecule has 4 N–H and O–H groups in total. The normalized spacial score (nSPS) is 19.8. The highest BCUT2D eigenvalue weighted by molar-refractivity contribution is 7.89. The van der Waals surface area contributed by atoms with E-state index in [4.69, 9.17) is 10.1 Å². The third-order valence-electron chi connectivity index (χ3n) is 4.95. The van der Waals surface area contributed by atoms with Crippen LogP contribution < -0.4 is 15.4 Å². The number of nitrogens with two attached hydrogens (primary N) is 1. The zero-order valence-electron chi connectivity index (χ0n) is 15.1. The minimum atomic E-state index is -3.74. The predicted octanol–water partition coefficient (Wildman–Crippen LogP) is 1.30. The number of benzene rings is 2. The number of fused-ring (bicyclic) bond motifs is 1. The number of hydrogen-bond donors (Lipinski definition) is 3. The molecule has 2 atom stereocenters. The second kappa shape index (κ2) is 7.59. The monoisotopic (exact) mass is 417 g/mol. The molecular formula is C19H21N4O3S2+. The van der Waals surface area contributed by atoms with Crippen molar-refractivity contribution in [3.63, 3.8) is 0 Å². The smallest absolute Gasteiger partial charge is 0.279 e. The van der Waals surface area contributed by atoms with Crippen molar-refractivity contribution in [2.45, 2.75) is 23.8 Å². The van der Waals surface area contributed by atoms with E-state index < -0.39 is 10.0 Å². The molecule has 0 saturated carbocycles. The van der Waals surface area contributed by atoms with Crippen LogP contribution in [-0.2, 0) is 14.8 Å². The van der Waals surface area contributed by atoms with Gasteiger partial charge in [-0.2, -0.15) is 0 Å². The zero-order chi connectivity index (χ0) is 19.7. The van der Waals surface area contributed by atoms with Gasteiger partial charge in [-0.1, -0.05) is 12.1 Å². The summed E-state index contributed by atoms with van der Waals surface area (Å²) in [4.78, 5) is 18.5. The third-order valence-corrected chi connectivity index (χ3v) is 7.03. The van der Waals surface area contributed by atoms with Crippen molar-refractivity contribution in [1.29, 1.82) is 0 Å². The number of primary sulfonamides is 1. The van der Waals surface area contributed by atoms with E-state index in [-0.39, 0.29) is 16.8 Å². The van der Waals surface area contributed by atoms with Crippen LogP contribution in [-0.4, -0.2) is 32.4 Å². The minimum absolute atomic E-state index is 0.0200. The Balaban J connectivity index is 1.43. The molecule has 1 saturated heterocycles. The van der Waals surface area contributed by atoms with Crippen molar-refractivity contribution >= 4 is 43.2 Å². The summed E-state index contributed by atoms with van der Waals surface area (Å²) in [6.45, 7) is 1.27. The second-order valence-electron chi connectivity index (χ2n) is 6.92. The predicted molar refractivity (Wildman–Crippen MR) is 109 cm³/mol. The first kappa shape index (κ1) is 19.0. The standard InChI is InChI=1S/C19H20N4O3S2/c20-28(25,26)14-9-7-13(8-10-14)21-18(24)12-23-11-3-5-16(23)19-22-15-4-1-2-6-17(15)27-19/h1-2,4,6-10,16H,3,5,11-12H2,(H,21,24)(H2,20,25,26)/p+1/t16-/m1/s1. The van der Waals surface area contributed by atoms with E-state index in [2.05, 4.69) is 11.4 Å². The maximum atomic E-state index is 12.5. The van der Waals surface area contributed by atoms with Gasteiger partial charge in [-0.05, 0) is 36.4 Å². The summed E-state index contributed by atoms with van der Waals surface area (Å²) in [5, 5.41) is 9.01. The molecule has 146 valence electrons. The molecular weight excluding hydrogens is 396 g/mol. The Bertz CT molecular complexity index is 1080. The summed E-state index contributed by atoms with van der Waals surface area (Å²) in [5.74, 6) is -0.105. The molecule has 1 aliphatic rings. The summed E-state index contributed by atoms with van der Waals surface area (Å²) in [6.07, 6.45) is 2.08. The Labute approximate surface area is 167 Å². The topological polar surface area (TPSA) is 107 Å². The van der Waals surface area contributed by atoms with Gasteiger partial charge in [0.15, 0.2) is 11.6 Å². The summed E-state index contributed by atoms with van der Waals surface area (Å²) in [5.41, 5.74) is 1.56. The highest BCUT2D eigenvalue weighted by Gasteiger charge is 2.34. The Kier molecular flexibility index (Phi) is 5.15. The number of hydrogen-bond acceptors (Lipinski definition) is 5. The number of likely N-dealkylation sites (tertiary alicyclic amines) is 1. The van der Waals surface area contributed by atoms with Crippen molar-refractivity contribution in [1.82, 2.24) is 4.98 Å². The van der Waals surface area contributed by atoms with Gasteiger partial charge in [-0.25, -0.2) is 18.5 Å². The molecule has 4 rings (SSSR count). The van der Waals surface area contributed by atoms with Gasteiger partial charge in [0, 0.05) is 18.5 Å². The number of carbonyl (C=O) groups is 1. The first-order valence-corrected chi connectivity index (χ1v) is 11.4. The lowest BCUT2D eigenvalue weighted by atomic mass is 10.2. The largest absolute Gasteiger partial charge is 0.321 e. The lowest BCUT2D eigenvalue weighted by Crippen LogP contribution is -3.11. The molecule has 7 nitrogen and oxygen atoms in total. The molecule has 0 bridgehead atoms. The molecule has 0 radical (unpaired) electrons. The number of carbonyl (C=O) groups excluding carboxylic acids is 1. The van der Waals surface area contributed by atoms with E-state index >= 15 is 0 Å². The SMILES string of the molecule is NS(=O)(=O)c1ccc(NC(=O)C[NH+]2CCC[C@@H]2c2nc3ccccc3s2)cc1. The van der Waals surface area contributed by atoms with Crippen molar-refractivity contribution in [2.75, 3.05) is 18.4 Å². The van der Waals surface area contributed by atoms with Gasteiger partial charge in [0.2, 0.25) is 10.0 Å². The van der Waals surface area contributed by atoms with Crippen LogP contribution in [0, 0.1) is 0 Å². The van der Waals surface area contributed by atoms with Gasteiger partial charge in [0.1, 0.15) is 6.04 Å². The number of nitrogens with zero attached hydrogens (tertiary/aromatic N) is 1. The first-order chi connectivity index (χ1) is 13.4. The maximum absolute atomic E-state index is 12.5. The fourth-order valence-corrected chi connectivity index (χ4v) is 5.28. The summed E-state index contributed by atoms with van der Waals surface area (Å²) in [7, 11) is -3.74. The maximum Gasteiger partial charge on any atom is 0.279 e. The molecule has 2 aromatic carbocycles. The number of aromatic nitrogens is 1. The van der Waals surface area contributed by atoms with E-state index in [9.17, 15) is 13.2 Å². The summed E-state index contributed by atoms with van der Waals surface area (Å²) in [6, 6.07) is 14.2. The highest BCUT2D eigenvalue weighted by atomic mass is 32.2. The Morgan fingerprint density at radius 1 is 1.21 bits per heavy atom. The van der Waals surface area contributed by atoms with Gasteiger partial charge in [-0.15, -0.1) is 11.3 Å². The number of thiazole rings is 1. The first-order valence-electron chi connectivity index (χ1n) is 9.03. The van der Waals surface area contributed by atoms with Crippen molar-refractivity contribution in [3.8, 4) is 0 Å². The fraction of sp³-hybridized carbons (Fsp3) is 0.263. The molecule has 28 heavy (non-hydrogen) atoms. The number of sulfonamides is 1. The van der Waals surface area contributed by atoms with Crippen molar-refractivity contribution in [2.24, 2.45) is 5.14 Å². The lowest BCUT2D eigenvalue weighted by molar-refractivity contribution is -0.910. The number of nitrogens with one attached hydrogen (secondary N) is 2. The van der Waals surface area contributed by atoms with E-state index in [1.807, 2.05) is 18.2 Å². The van der Waals surface area contributed by atoms with Gasteiger partial charge < -0.3 is 10.2 Å². The van der Waals surface area contributed by atoms with Crippen LogP contribution in [0.2, 0.25) is 0 Å². The van der Waals surface area contributed by atoms with Crippen LogP contribution in [0.25, 0.3) is 10.2 Å². The van der Waals surface area contributed by atoms with E-state index in [1.165, 1.54) is 21.7 Å². The lowest BCUT2D eigenvalue weighted by Gasteiger charge is -2.19. The summed E-state index contributed by atoms with van der Waals surface area (Å²) >= 11 is 1.70. The van der Waals surface area contributed by atoms with Crippen LogP contribution in [0.3, 0.4) is 0 Å². The quantitative estimate of drug-likeness (QED) is 0.582. The van der Waals surface area contributed by atoms with Crippen LogP contribution in [0.15, 0.2) is 53.4 Å². The molecule has 0 spiro atoms. The highest BCUT2D eigenvalue weighted by Crippen LogP contribution is 2.28. The van der Waals surface area contributed by atoms with E-state index in [0.717, 1.165) is 29.9 Å². The van der Waals surface area contributed by atoms with Crippen LogP contribution >= 0.6 is 11.3 Å². The molecule has 1 aromatic heterocycles. The third kappa shape index (κ3) is 4.07. The van der Waals surface area contributed by atoms with Crippen LogP contribution in [0.5, 0.6) is 0 Å². The van der Waals surface area contributed by atoms with Gasteiger partial charge in [0.05, 0.1) is 21.7 Å². The Morgan fingerprint density at radius 2 is 1.96 bits per heavy atom. The Hall–Kier alpha value is -2.33. The average Bonchev–Trinajstić information content (AvgIpc) is 3.27. The molecule has 1 unspecified atom stereocenters. The number of para-hydroxylation sites is 1. The van der Waals surface area contributed by atoms with Gasteiger partial charge in [-0.3, -0.25) is 4.79 Å². The van der Waals surface area contributed by atoms with E-state index in [0.29, 0.717) is 12.2 Å². The zero-order valence-corrected chi connectivity index (χ0v) is 16.7. The molecule has 9 heteroatoms.